The molecule has 0 spiro atoms. The van der Waals surface area contributed by atoms with Crippen LogP contribution in [0.4, 0.5) is 0 Å². The van der Waals surface area contributed by atoms with E-state index in [9.17, 15) is 8.42 Å². The lowest BCUT2D eigenvalue weighted by Crippen LogP contribution is -2.44. The third kappa shape index (κ3) is 4.00. The number of rotatable bonds is 6. The number of piperidine rings is 1. The van der Waals surface area contributed by atoms with E-state index in [1.54, 1.807) is 6.07 Å². The Labute approximate surface area is 163 Å². The molecular weight excluding hydrogens is 384 g/mol. The van der Waals surface area contributed by atoms with Gasteiger partial charge in [0.1, 0.15) is 28.6 Å². The molecule has 1 unspecified atom stereocenters. The molecule has 3 rings (SSSR count). The van der Waals surface area contributed by atoms with Crippen LogP contribution in [0.15, 0.2) is 35.5 Å². The van der Waals surface area contributed by atoms with Crippen LogP contribution >= 0.6 is 0 Å². The molecule has 1 saturated heterocycles. The van der Waals surface area contributed by atoms with Gasteiger partial charge in [0.15, 0.2) is 0 Å². The first-order chi connectivity index (χ1) is 13.5. The number of nitriles is 1. The Balaban J connectivity index is 1.83. The van der Waals surface area contributed by atoms with Crippen LogP contribution in [0.25, 0.3) is 0 Å². The van der Waals surface area contributed by atoms with E-state index >= 15 is 0 Å². The van der Waals surface area contributed by atoms with Crippen molar-refractivity contribution in [3.8, 4) is 23.4 Å². The molecule has 0 N–H and O–H groups in total. The third-order valence-electron chi connectivity index (χ3n) is 4.38. The van der Waals surface area contributed by atoms with Gasteiger partial charge in [0.25, 0.3) is 5.88 Å². The number of ether oxygens (including phenoxy) is 3. The van der Waals surface area contributed by atoms with Crippen LogP contribution in [0.5, 0.6) is 17.4 Å². The van der Waals surface area contributed by atoms with E-state index in [4.69, 9.17) is 19.5 Å². The van der Waals surface area contributed by atoms with Gasteiger partial charge >= 0.3 is 0 Å². The molecule has 10 heteroatoms. The van der Waals surface area contributed by atoms with Crippen molar-refractivity contribution in [1.82, 2.24) is 14.3 Å². The topological polar surface area (TPSA) is 115 Å². The molecule has 1 atom stereocenters. The summed E-state index contributed by atoms with van der Waals surface area (Å²) in [5.41, 5.74) is 0.0688. The van der Waals surface area contributed by atoms with E-state index in [0.717, 1.165) is 0 Å². The van der Waals surface area contributed by atoms with Gasteiger partial charge in [-0.05, 0) is 25.0 Å². The Morgan fingerprint density at radius 2 is 2.00 bits per heavy atom. The monoisotopic (exact) mass is 404 g/mol. The summed E-state index contributed by atoms with van der Waals surface area (Å²) >= 11 is 0. The first kappa shape index (κ1) is 19.9. The first-order valence-electron chi connectivity index (χ1n) is 8.59. The summed E-state index contributed by atoms with van der Waals surface area (Å²) in [5, 5.41) is 9.12. The van der Waals surface area contributed by atoms with Crippen molar-refractivity contribution in [3.63, 3.8) is 0 Å². The van der Waals surface area contributed by atoms with Crippen LogP contribution < -0.4 is 14.2 Å². The second-order valence-electron chi connectivity index (χ2n) is 6.08. The minimum absolute atomic E-state index is 0.0636. The van der Waals surface area contributed by atoms with E-state index in [1.807, 2.05) is 6.07 Å². The Kier molecular flexibility index (Phi) is 5.96. The molecule has 1 aliphatic rings. The summed E-state index contributed by atoms with van der Waals surface area (Å²) in [6.45, 7) is 0.502. The second-order valence-corrected chi connectivity index (χ2v) is 7.99. The molecule has 1 fully saturated rings. The summed E-state index contributed by atoms with van der Waals surface area (Å²) in [6, 6.07) is 6.49. The minimum atomic E-state index is -3.80. The van der Waals surface area contributed by atoms with Crippen LogP contribution in [0.1, 0.15) is 18.5 Å². The van der Waals surface area contributed by atoms with Gasteiger partial charge in [-0.3, -0.25) is 0 Å². The van der Waals surface area contributed by atoms with Crippen molar-refractivity contribution in [2.75, 3.05) is 27.3 Å². The second kappa shape index (κ2) is 8.41. The van der Waals surface area contributed by atoms with E-state index < -0.39 is 16.1 Å². The van der Waals surface area contributed by atoms with Crippen molar-refractivity contribution in [2.24, 2.45) is 0 Å². The molecule has 0 bridgehead atoms. The van der Waals surface area contributed by atoms with Crippen LogP contribution in [-0.2, 0) is 10.0 Å². The lowest BCUT2D eigenvalue weighted by atomic mass is 10.1. The van der Waals surface area contributed by atoms with Crippen LogP contribution in [0.2, 0.25) is 0 Å². The van der Waals surface area contributed by atoms with Gasteiger partial charge in [0.05, 0.1) is 20.8 Å². The van der Waals surface area contributed by atoms with E-state index in [2.05, 4.69) is 9.97 Å². The Morgan fingerprint density at radius 1 is 1.21 bits per heavy atom. The fourth-order valence-electron chi connectivity index (χ4n) is 2.99. The Hall–Kier alpha value is -2.90. The van der Waals surface area contributed by atoms with Gasteiger partial charge < -0.3 is 14.2 Å². The van der Waals surface area contributed by atoms with Gasteiger partial charge in [0, 0.05) is 25.0 Å². The predicted molar refractivity (Wildman–Crippen MR) is 98.7 cm³/mol. The predicted octanol–water partition coefficient (Wildman–Crippen LogP) is 1.60. The van der Waals surface area contributed by atoms with Crippen molar-refractivity contribution < 1.29 is 22.6 Å². The molecule has 148 valence electrons. The van der Waals surface area contributed by atoms with E-state index in [-0.39, 0.29) is 28.8 Å². The molecule has 1 aliphatic heterocycles. The Bertz CT molecular complexity index is 990. The average molecular weight is 404 g/mol. The molecule has 9 nitrogen and oxygen atoms in total. The normalized spacial score (nSPS) is 17.5. The SMILES string of the molecule is COc1ccc(S(=O)(=O)N2CCCC(Oc3nccnc3C#N)C2)c(OC)c1. The number of hydrogen-bond donors (Lipinski definition) is 0. The first-order valence-corrected chi connectivity index (χ1v) is 10.0. The molecular formula is C18H20N4O5S. The lowest BCUT2D eigenvalue weighted by molar-refractivity contribution is 0.123. The van der Waals surface area contributed by atoms with Crippen molar-refractivity contribution >= 4 is 10.0 Å². The van der Waals surface area contributed by atoms with Gasteiger partial charge in [-0.1, -0.05) is 0 Å². The summed E-state index contributed by atoms with van der Waals surface area (Å²) < 4.78 is 43.8. The maximum atomic E-state index is 13.2. The number of sulfonamides is 1. The molecule has 2 aromatic rings. The minimum Gasteiger partial charge on any atom is -0.497 e. The van der Waals surface area contributed by atoms with Crippen LogP contribution in [0, 0.1) is 11.3 Å². The fraction of sp³-hybridized carbons (Fsp3) is 0.389. The standard InChI is InChI=1S/C18H20N4O5S/c1-25-13-5-6-17(16(10-13)26-2)28(23,24)22-9-3-4-14(12-22)27-18-15(11-19)20-7-8-21-18/h5-8,10,14H,3-4,9,12H2,1-2H3. The van der Waals surface area contributed by atoms with E-state index in [1.165, 1.54) is 43.1 Å². The number of methoxy groups -OCH3 is 2. The quantitative estimate of drug-likeness (QED) is 0.713. The van der Waals surface area contributed by atoms with Gasteiger partial charge in [-0.2, -0.15) is 9.57 Å². The summed E-state index contributed by atoms with van der Waals surface area (Å²) in [7, 11) is -0.891. The summed E-state index contributed by atoms with van der Waals surface area (Å²) in [4.78, 5) is 8.00. The maximum absolute atomic E-state index is 13.2. The molecule has 2 heterocycles. The average Bonchev–Trinajstić information content (AvgIpc) is 2.73. The Morgan fingerprint density at radius 3 is 2.71 bits per heavy atom. The van der Waals surface area contributed by atoms with Gasteiger partial charge in [-0.25, -0.2) is 18.4 Å². The zero-order chi connectivity index (χ0) is 20.1. The van der Waals surface area contributed by atoms with Crippen molar-refractivity contribution in [2.45, 2.75) is 23.8 Å². The highest BCUT2D eigenvalue weighted by atomic mass is 32.2. The highest BCUT2D eigenvalue weighted by molar-refractivity contribution is 7.89. The zero-order valence-corrected chi connectivity index (χ0v) is 16.3. The van der Waals surface area contributed by atoms with Crippen LogP contribution in [0.3, 0.4) is 0 Å². The molecule has 0 amide bonds. The number of nitrogens with zero attached hydrogens (tertiary/aromatic N) is 4. The fourth-order valence-corrected chi connectivity index (χ4v) is 4.64. The smallest absolute Gasteiger partial charge is 0.251 e. The third-order valence-corrected chi connectivity index (χ3v) is 6.28. The van der Waals surface area contributed by atoms with Gasteiger partial charge in [-0.15, -0.1) is 0 Å². The van der Waals surface area contributed by atoms with E-state index in [0.29, 0.717) is 25.1 Å². The molecule has 0 aliphatic carbocycles. The summed E-state index contributed by atoms with van der Waals surface area (Å²) in [6.07, 6.45) is 3.66. The highest BCUT2D eigenvalue weighted by Gasteiger charge is 2.33. The van der Waals surface area contributed by atoms with Gasteiger partial charge in [0.2, 0.25) is 15.7 Å². The largest absolute Gasteiger partial charge is 0.497 e. The number of benzene rings is 1. The maximum Gasteiger partial charge on any atom is 0.251 e. The van der Waals surface area contributed by atoms with Crippen molar-refractivity contribution in [1.29, 1.82) is 5.26 Å². The highest BCUT2D eigenvalue weighted by Crippen LogP contribution is 2.32. The van der Waals surface area contributed by atoms with Crippen molar-refractivity contribution in [3.05, 3.63) is 36.3 Å². The molecule has 0 radical (unpaired) electrons. The summed E-state index contributed by atoms with van der Waals surface area (Å²) in [5.74, 6) is 0.821. The molecule has 28 heavy (non-hydrogen) atoms. The number of hydrogen-bond acceptors (Lipinski definition) is 8. The lowest BCUT2D eigenvalue weighted by Gasteiger charge is -2.32. The van der Waals surface area contributed by atoms with Crippen LogP contribution in [-0.4, -0.2) is 56.1 Å². The molecule has 1 aromatic heterocycles. The molecule has 0 saturated carbocycles. The zero-order valence-electron chi connectivity index (χ0n) is 15.5. The molecule has 1 aromatic carbocycles. The number of aromatic nitrogens is 2.